The van der Waals surface area contributed by atoms with Crippen molar-refractivity contribution in [1.29, 1.82) is 5.26 Å². The van der Waals surface area contributed by atoms with E-state index in [1.165, 1.54) is 0 Å². The average Bonchev–Trinajstić information content (AvgIpc) is 2.28. The molecule has 0 heterocycles. The van der Waals surface area contributed by atoms with Crippen LogP contribution in [0.2, 0.25) is 0 Å². The van der Waals surface area contributed by atoms with Gasteiger partial charge < -0.3 is 9.47 Å². The van der Waals surface area contributed by atoms with Crippen molar-refractivity contribution in [3.8, 4) is 6.07 Å². The van der Waals surface area contributed by atoms with E-state index in [9.17, 15) is 8.42 Å². The van der Waals surface area contributed by atoms with Crippen LogP contribution in [-0.4, -0.2) is 39.7 Å². The first-order chi connectivity index (χ1) is 8.01. The van der Waals surface area contributed by atoms with Crippen LogP contribution in [-0.2, 0) is 19.5 Å². The molecule has 0 aliphatic heterocycles. The third-order valence-electron chi connectivity index (χ3n) is 2.05. The molecule has 100 valence electrons. The van der Waals surface area contributed by atoms with E-state index >= 15 is 0 Å². The van der Waals surface area contributed by atoms with Gasteiger partial charge in [-0.25, -0.2) is 13.1 Å². The monoisotopic (exact) mass is 264 g/mol. The zero-order valence-corrected chi connectivity index (χ0v) is 11.3. The lowest BCUT2D eigenvalue weighted by molar-refractivity contribution is -0.130. The molecule has 0 aromatic heterocycles. The number of sulfonamides is 1. The van der Waals surface area contributed by atoms with Crippen molar-refractivity contribution in [2.24, 2.45) is 0 Å². The molecule has 1 N–H and O–H groups in total. The molecule has 0 aromatic rings. The molecular formula is C10H20N2O4S. The van der Waals surface area contributed by atoms with Crippen LogP contribution >= 0.6 is 0 Å². The largest absolute Gasteiger partial charge is 0.352 e. The van der Waals surface area contributed by atoms with E-state index in [4.69, 9.17) is 14.7 Å². The van der Waals surface area contributed by atoms with Crippen molar-refractivity contribution in [2.45, 2.75) is 38.7 Å². The van der Waals surface area contributed by atoms with Gasteiger partial charge in [0.25, 0.3) is 0 Å². The highest BCUT2D eigenvalue weighted by molar-refractivity contribution is 7.90. The molecular weight excluding hydrogens is 244 g/mol. The first kappa shape index (κ1) is 16.3. The van der Waals surface area contributed by atoms with E-state index in [0.29, 0.717) is 13.2 Å². The summed E-state index contributed by atoms with van der Waals surface area (Å²) in [5.74, 6) is 0. The van der Waals surface area contributed by atoms with Crippen LogP contribution in [0.25, 0.3) is 0 Å². The highest BCUT2D eigenvalue weighted by Crippen LogP contribution is 2.03. The average molecular weight is 264 g/mol. The second-order valence-corrected chi connectivity index (χ2v) is 5.21. The van der Waals surface area contributed by atoms with E-state index in [0.717, 1.165) is 0 Å². The molecule has 0 aliphatic rings. The molecule has 0 bridgehead atoms. The summed E-state index contributed by atoms with van der Waals surface area (Å²) in [6, 6.07) is 1.75. The summed E-state index contributed by atoms with van der Waals surface area (Å²) in [7, 11) is -3.63. The molecule has 0 saturated heterocycles. The number of hydrogen-bond donors (Lipinski definition) is 1. The van der Waals surface area contributed by atoms with Gasteiger partial charge in [0.15, 0.2) is 11.5 Å². The van der Waals surface area contributed by atoms with Crippen LogP contribution in [0.1, 0.15) is 27.2 Å². The summed E-state index contributed by atoms with van der Waals surface area (Å²) in [4.78, 5) is 0. The number of nitrogens with zero attached hydrogens (tertiary/aromatic N) is 1. The predicted molar refractivity (Wildman–Crippen MR) is 63.7 cm³/mol. The number of nitriles is 1. The Morgan fingerprint density at radius 3 is 2.12 bits per heavy atom. The van der Waals surface area contributed by atoms with E-state index in [2.05, 4.69) is 4.72 Å². The van der Waals surface area contributed by atoms with Crippen LogP contribution in [0.3, 0.4) is 0 Å². The Labute approximate surface area is 103 Å². The molecule has 1 atom stereocenters. The highest BCUT2D eigenvalue weighted by atomic mass is 32.2. The van der Waals surface area contributed by atoms with E-state index in [-0.39, 0.29) is 13.0 Å². The number of ether oxygens (including phenoxy) is 2. The quantitative estimate of drug-likeness (QED) is 0.616. The molecule has 0 amide bonds. The zero-order valence-electron chi connectivity index (χ0n) is 10.5. The van der Waals surface area contributed by atoms with Crippen molar-refractivity contribution in [1.82, 2.24) is 4.72 Å². The third kappa shape index (κ3) is 5.98. The van der Waals surface area contributed by atoms with Crippen molar-refractivity contribution in [3.05, 3.63) is 0 Å². The molecule has 0 aromatic carbocycles. The summed E-state index contributed by atoms with van der Waals surface area (Å²) < 4.78 is 36.0. The Hall–Kier alpha value is -0.680. The van der Waals surface area contributed by atoms with Gasteiger partial charge in [-0.1, -0.05) is 6.92 Å². The maximum Gasteiger partial charge on any atom is 0.228 e. The Morgan fingerprint density at radius 1 is 1.24 bits per heavy atom. The Bertz CT molecular complexity index is 331. The van der Waals surface area contributed by atoms with Crippen LogP contribution in [0.5, 0.6) is 0 Å². The molecule has 17 heavy (non-hydrogen) atoms. The van der Waals surface area contributed by atoms with E-state index in [1.54, 1.807) is 26.8 Å². The van der Waals surface area contributed by atoms with Crippen molar-refractivity contribution < 1.29 is 17.9 Å². The predicted octanol–water partition coefficient (Wildman–Crippen LogP) is 0.607. The minimum atomic E-state index is -3.63. The molecule has 0 fully saturated rings. The minimum absolute atomic E-state index is 0.0161. The first-order valence-electron chi connectivity index (χ1n) is 5.63. The molecule has 1 unspecified atom stereocenters. The van der Waals surface area contributed by atoms with Gasteiger partial charge in [0.05, 0.1) is 12.6 Å². The number of hydrogen-bond acceptors (Lipinski definition) is 5. The van der Waals surface area contributed by atoms with Crippen molar-refractivity contribution in [2.75, 3.05) is 19.8 Å². The summed E-state index contributed by atoms with van der Waals surface area (Å²) in [5.41, 5.74) is 0. The standard InChI is InChI=1S/C10H20N2O4S/c1-4-9(7-11)17(13,14)12-8-10(15-5-2)16-6-3/h9-10,12H,4-6,8H2,1-3H3. The Morgan fingerprint density at radius 2 is 1.76 bits per heavy atom. The molecule has 6 nitrogen and oxygen atoms in total. The summed E-state index contributed by atoms with van der Waals surface area (Å²) in [6.07, 6.45) is -0.365. The maximum atomic E-state index is 11.7. The topological polar surface area (TPSA) is 88.4 Å². The maximum absolute atomic E-state index is 11.7. The smallest absolute Gasteiger partial charge is 0.228 e. The lowest BCUT2D eigenvalue weighted by Gasteiger charge is -2.18. The van der Waals surface area contributed by atoms with E-state index < -0.39 is 21.6 Å². The van der Waals surface area contributed by atoms with Crippen molar-refractivity contribution >= 4 is 10.0 Å². The molecule has 0 aliphatic carbocycles. The lowest BCUT2D eigenvalue weighted by Crippen LogP contribution is -2.39. The Kier molecular flexibility index (Phi) is 8.08. The summed E-state index contributed by atoms with van der Waals surface area (Å²) in [5, 5.41) is 7.67. The SMILES string of the molecule is CCOC(CNS(=O)(=O)C(C#N)CC)OCC. The van der Waals surface area contributed by atoms with Crippen LogP contribution in [0.4, 0.5) is 0 Å². The summed E-state index contributed by atoms with van der Waals surface area (Å²) in [6.45, 7) is 6.12. The normalized spacial score (nSPS) is 13.6. The van der Waals surface area contributed by atoms with Gasteiger partial charge in [-0.05, 0) is 20.3 Å². The molecule has 0 saturated carbocycles. The third-order valence-corrected chi connectivity index (χ3v) is 3.80. The fraction of sp³-hybridized carbons (Fsp3) is 0.900. The van der Waals surface area contributed by atoms with Gasteiger partial charge in [0, 0.05) is 13.2 Å². The molecule has 0 spiro atoms. The van der Waals surface area contributed by atoms with Crippen LogP contribution in [0, 0.1) is 11.3 Å². The van der Waals surface area contributed by atoms with Gasteiger partial charge in [-0.2, -0.15) is 5.26 Å². The van der Waals surface area contributed by atoms with Gasteiger partial charge in [-0.3, -0.25) is 0 Å². The molecule has 0 rings (SSSR count). The van der Waals surface area contributed by atoms with Gasteiger partial charge in [0.1, 0.15) is 0 Å². The van der Waals surface area contributed by atoms with Crippen molar-refractivity contribution in [3.63, 3.8) is 0 Å². The zero-order chi connectivity index (χ0) is 13.3. The fourth-order valence-electron chi connectivity index (χ4n) is 1.20. The number of rotatable bonds is 9. The van der Waals surface area contributed by atoms with Crippen LogP contribution in [0.15, 0.2) is 0 Å². The fourth-order valence-corrected chi connectivity index (χ4v) is 2.35. The van der Waals surface area contributed by atoms with Crippen LogP contribution < -0.4 is 4.72 Å². The van der Waals surface area contributed by atoms with E-state index in [1.807, 2.05) is 0 Å². The highest BCUT2D eigenvalue weighted by Gasteiger charge is 2.24. The second kappa shape index (κ2) is 8.42. The Balaban J connectivity index is 4.37. The number of nitrogens with one attached hydrogen (secondary N) is 1. The van der Waals surface area contributed by atoms with Gasteiger partial charge in [0.2, 0.25) is 10.0 Å². The molecule has 0 radical (unpaired) electrons. The minimum Gasteiger partial charge on any atom is -0.352 e. The van der Waals surface area contributed by atoms with Gasteiger partial charge >= 0.3 is 0 Å². The lowest BCUT2D eigenvalue weighted by atomic mass is 10.4. The first-order valence-corrected chi connectivity index (χ1v) is 7.17. The second-order valence-electron chi connectivity index (χ2n) is 3.26. The van der Waals surface area contributed by atoms with Gasteiger partial charge in [-0.15, -0.1) is 0 Å². The summed E-state index contributed by atoms with van der Waals surface area (Å²) >= 11 is 0. The molecule has 7 heteroatoms.